The van der Waals surface area contributed by atoms with E-state index in [-0.39, 0.29) is 12.4 Å². The van der Waals surface area contributed by atoms with Crippen LogP contribution in [0.15, 0.2) is 60.7 Å². The molecule has 1 heterocycles. The average Bonchev–Trinajstić information content (AvgIpc) is 2.85. The highest BCUT2D eigenvalue weighted by molar-refractivity contribution is 6.02. The van der Waals surface area contributed by atoms with Gasteiger partial charge in [-0.15, -0.1) is 0 Å². The molecule has 114 valence electrons. The van der Waals surface area contributed by atoms with Gasteiger partial charge in [-0.2, -0.15) is 0 Å². The van der Waals surface area contributed by atoms with E-state index in [0.29, 0.717) is 12.0 Å². The molecule has 3 nitrogen and oxygen atoms in total. The normalized spacial score (nSPS) is 27.7. The first-order valence-electron chi connectivity index (χ1n) is 7.49. The van der Waals surface area contributed by atoms with Crippen molar-refractivity contribution >= 4 is 5.78 Å². The van der Waals surface area contributed by atoms with Gasteiger partial charge in [0, 0.05) is 12.0 Å². The Morgan fingerprint density at radius 2 is 1.59 bits per heavy atom. The van der Waals surface area contributed by atoms with Gasteiger partial charge in [0.05, 0.1) is 6.61 Å². The second-order valence-electron chi connectivity index (χ2n) is 6.11. The van der Waals surface area contributed by atoms with Crippen LogP contribution in [-0.4, -0.2) is 23.8 Å². The maximum Gasteiger partial charge on any atom is 0.196 e. The maximum absolute atomic E-state index is 12.7. The summed E-state index contributed by atoms with van der Waals surface area (Å²) in [5, 5.41) is 0. The Hall–Kier alpha value is -1.97. The van der Waals surface area contributed by atoms with E-state index < -0.39 is 11.4 Å². The van der Waals surface area contributed by atoms with Crippen LogP contribution in [0.3, 0.4) is 0 Å². The molecule has 0 amide bonds. The molecule has 0 spiro atoms. The van der Waals surface area contributed by atoms with Gasteiger partial charge in [0.25, 0.3) is 0 Å². The van der Waals surface area contributed by atoms with Crippen LogP contribution in [0, 0.1) is 0 Å². The number of hydrogen-bond acceptors (Lipinski definition) is 3. The molecular weight excluding hydrogens is 276 g/mol. The SMILES string of the molecule is C[C@@]1(Cc2ccccc2)OC[C@](C)(C(=O)c2ccccc2)O1. The molecule has 0 aliphatic carbocycles. The predicted octanol–water partition coefficient (Wildman–Crippen LogP) is 3.63. The fraction of sp³-hybridized carbons (Fsp3) is 0.316. The van der Waals surface area contributed by atoms with Gasteiger partial charge in [-0.25, -0.2) is 0 Å². The Balaban J connectivity index is 1.77. The third-order valence-electron chi connectivity index (χ3n) is 3.98. The van der Waals surface area contributed by atoms with E-state index in [1.165, 1.54) is 0 Å². The minimum atomic E-state index is -0.940. The molecule has 3 rings (SSSR count). The van der Waals surface area contributed by atoms with Crippen LogP contribution < -0.4 is 0 Å². The van der Waals surface area contributed by atoms with Crippen molar-refractivity contribution in [3.05, 3.63) is 71.8 Å². The number of hydrogen-bond donors (Lipinski definition) is 0. The smallest absolute Gasteiger partial charge is 0.196 e. The predicted molar refractivity (Wildman–Crippen MR) is 84.8 cm³/mol. The molecule has 0 radical (unpaired) electrons. The number of ketones is 1. The molecular formula is C19H20O3. The van der Waals surface area contributed by atoms with Crippen molar-refractivity contribution in [2.75, 3.05) is 6.61 Å². The van der Waals surface area contributed by atoms with E-state index in [1.54, 1.807) is 6.92 Å². The molecule has 0 saturated carbocycles. The van der Waals surface area contributed by atoms with Crippen LogP contribution in [0.4, 0.5) is 0 Å². The van der Waals surface area contributed by atoms with Gasteiger partial charge in [-0.3, -0.25) is 4.79 Å². The van der Waals surface area contributed by atoms with E-state index in [2.05, 4.69) is 0 Å². The average molecular weight is 296 g/mol. The maximum atomic E-state index is 12.7. The fourth-order valence-electron chi connectivity index (χ4n) is 2.89. The molecule has 0 unspecified atom stereocenters. The van der Waals surface area contributed by atoms with Crippen molar-refractivity contribution in [3.8, 4) is 0 Å². The van der Waals surface area contributed by atoms with Crippen molar-refractivity contribution in [2.24, 2.45) is 0 Å². The minimum absolute atomic E-state index is 0.0371. The molecule has 1 aliphatic heterocycles. The first-order chi connectivity index (χ1) is 10.5. The lowest BCUT2D eigenvalue weighted by Crippen LogP contribution is -2.41. The summed E-state index contributed by atoms with van der Waals surface area (Å²) in [5.74, 6) is -0.814. The molecule has 22 heavy (non-hydrogen) atoms. The zero-order valence-corrected chi connectivity index (χ0v) is 12.9. The number of rotatable bonds is 4. The lowest BCUT2D eigenvalue weighted by molar-refractivity contribution is -0.161. The highest BCUT2D eigenvalue weighted by Gasteiger charge is 2.49. The molecule has 1 fully saturated rings. The van der Waals surface area contributed by atoms with Gasteiger partial charge in [-0.1, -0.05) is 60.7 Å². The lowest BCUT2D eigenvalue weighted by atomic mass is 9.95. The van der Waals surface area contributed by atoms with Crippen molar-refractivity contribution in [2.45, 2.75) is 31.7 Å². The Morgan fingerprint density at radius 3 is 2.23 bits per heavy atom. The molecule has 2 aromatic carbocycles. The van der Waals surface area contributed by atoms with Crippen LogP contribution in [0.1, 0.15) is 29.8 Å². The number of carbonyl (C=O) groups is 1. The van der Waals surface area contributed by atoms with Crippen molar-refractivity contribution in [1.29, 1.82) is 0 Å². The Bertz CT molecular complexity index is 653. The summed E-state index contributed by atoms with van der Waals surface area (Å²) in [5.41, 5.74) is 0.837. The Morgan fingerprint density at radius 1 is 1.00 bits per heavy atom. The molecule has 0 aromatic heterocycles. The summed E-state index contributed by atoms with van der Waals surface area (Å²) in [6.07, 6.45) is 0.617. The molecule has 1 aliphatic rings. The van der Waals surface area contributed by atoms with Crippen LogP contribution in [-0.2, 0) is 15.9 Å². The second kappa shape index (κ2) is 5.67. The molecule has 2 atom stereocenters. The Labute approximate surface area is 130 Å². The third kappa shape index (κ3) is 2.96. The molecule has 2 aromatic rings. The number of Topliss-reactive ketones (excluding diaryl/α,β-unsaturated/α-hetero) is 1. The quantitative estimate of drug-likeness (QED) is 0.808. The standard InChI is InChI=1S/C19H20O3/c1-18(17(20)16-11-7-4-8-12-16)14-21-19(2,22-18)13-15-9-5-3-6-10-15/h3-12H,13-14H2,1-2H3/t18-,19-/m1/s1. The highest BCUT2D eigenvalue weighted by atomic mass is 16.8. The summed E-state index contributed by atoms with van der Waals surface area (Å²) < 4.78 is 11.9. The summed E-state index contributed by atoms with van der Waals surface area (Å²) in [7, 11) is 0. The molecule has 0 N–H and O–H groups in total. The van der Waals surface area contributed by atoms with Crippen molar-refractivity contribution in [1.82, 2.24) is 0 Å². The largest absolute Gasteiger partial charge is 0.346 e. The van der Waals surface area contributed by atoms with Gasteiger partial charge >= 0.3 is 0 Å². The summed E-state index contributed by atoms with van der Waals surface area (Å²) in [6.45, 7) is 3.96. The van der Waals surface area contributed by atoms with Gasteiger partial charge in [0.1, 0.15) is 0 Å². The molecule has 0 bridgehead atoms. The van der Waals surface area contributed by atoms with E-state index in [4.69, 9.17) is 9.47 Å². The summed E-state index contributed by atoms with van der Waals surface area (Å²) in [6, 6.07) is 19.2. The zero-order valence-electron chi connectivity index (χ0n) is 12.9. The van der Waals surface area contributed by atoms with Gasteiger partial charge in [0.15, 0.2) is 17.2 Å². The first kappa shape index (κ1) is 14.9. The lowest BCUT2D eigenvalue weighted by Gasteiger charge is -2.27. The summed E-state index contributed by atoms with van der Waals surface area (Å²) in [4.78, 5) is 12.7. The number of benzene rings is 2. The monoisotopic (exact) mass is 296 g/mol. The van der Waals surface area contributed by atoms with E-state index in [0.717, 1.165) is 5.56 Å². The number of ether oxygens (including phenoxy) is 2. The fourth-order valence-corrected chi connectivity index (χ4v) is 2.89. The third-order valence-corrected chi connectivity index (χ3v) is 3.98. The van der Waals surface area contributed by atoms with E-state index in [1.807, 2.05) is 67.6 Å². The van der Waals surface area contributed by atoms with Crippen LogP contribution >= 0.6 is 0 Å². The minimum Gasteiger partial charge on any atom is -0.346 e. The Kier molecular flexibility index (Phi) is 3.85. The van der Waals surface area contributed by atoms with Crippen LogP contribution in [0.25, 0.3) is 0 Å². The highest BCUT2D eigenvalue weighted by Crippen LogP contribution is 2.35. The van der Waals surface area contributed by atoms with Crippen molar-refractivity contribution < 1.29 is 14.3 Å². The first-order valence-corrected chi connectivity index (χ1v) is 7.49. The zero-order chi connectivity index (χ0) is 15.6. The summed E-state index contributed by atoms with van der Waals surface area (Å²) >= 11 is 0. The molecule has 3 heteroatoms. The molecule has 1 saturated heterocycles. The van der Waals surface area contributed by atoms with Gasteiger partial charge in [0.2, 0.25) is 0 Å². The van der Waals surface area contributed by atoms with E-state index in [9.17, 15) is 4.79 Å². The van der Waals surface area contributed by atoms with Crippen LogP contribution in [0.2, 0.25) is 0 Å². The van der Waals surface area contributed by atoms with E-state index >= 15 is 0 Å². The van der Waals surface area contributed by atoms with Crippen LogP contribution in [0.5, 0.6) is 0 Å². The second-order valence-corrected chi connectivity index (χ2v) is 6.11. The number of carbonyl (C=O) groups excluding carboxylic acids is 1. The van der Waals surface area contributed by atoms with Gasteiger partial charge < -0.3 is 9.47 Å². The van der Waals surface area contributed by atoms with Gasteiger partial charge in [-0.05, 0) is 19.4 Å². The topological polar surface area (TPSA) is 35.5 Å². The van der Waals surface area contributed by atoms with Crippen molar-refractivity contribution in [3.63, 3.8) is 0 Å².